The van der Waals surface area contributed by atoms with Crippen LogP contribution in [0.1, 0.15) is 30.8 Å². The Labute approximate surface area is 155 Å². The molecular weight excluding hydrogens is 369 g/mol. The van der Waals surface area contributed by atoms with E-state index in [1.807, 2.05) is 13.8 Å². The maximum absolute atomic E-state index is 11.3. The molecule has 134 valence electrons. The monoisotopic (exact) mass is 385 g/mol. The molecule has 0 spiro atoms. The van der Waals surface area contributed by atoms with E-state index in [-0.39, 0.29) is 22.4 Å². The van der Waals surface area contributed by atoms with Crippen LogP contribution in [-0.4, -0.2) is 28.0 Å². The zero-order valence-corrected chi connectivity index (χ0v) is 15.5. The predicted octanol–water partition coefficient (Wildman–Crippen LogP) is 4.02. The largest absolute Gasteiger partial charge is 0.469 e. The predicted molar refractivity (Wildman–Crippen MR) is 95.0 cm³/mol. The molecule has 7 nitrogen and oxygen atoms in total. The smallest absolute Gasteiger partial charge is 0.310 e. The molecule has 0 amide bonds. The van der Waals surface area contributed by atoms with Crippen LogP contribution >= 0.6 is 23.2 Å². The fraction of sp³-hybridized carbons (Fsp3) is 0.312. The number of nitro groups is 1. The molecule has 1 aromatic heterocycles. The lowest BCUT2D eigenvalue weighted by Gasteiger charge is -2.07. The lowest BCUT2D eigenvalue weighted by Crippen LogP contribution is -2.09. The van der Waals surface area contributed by atoms with E-state index in [1.165, 1.54) is 19.2 Å². The highest BCUT2D eigenvalue weighted by Crippen LogP contribution is 2.23. The molecule has 9 heteroatoms. The van der Waals surface area contributed by atoms with Gasteiger partial charge in [-0.25, -0.2) is 9.97 Å². The van der Waals surface area contributed by atoms with Gasteiger partial charge in [0.25, 0.3) is 5.69 Å². The van der Waals surface area contributed by atoms with Crippen molar-refractivity contribution in [3.05, 3.63) is 61.6 Å². The molecule has 0 aliphatic rings. The Morgan fingerprint density at radius 2 is 1.68 bits per heavy atom. The molecule has 0 radical (unpaired) electrons. The van der Waals surface area contributed by atoms with Crippen molar-refractivity contribution >= 4 is 34.9 Å². The Kier molecular flexibility index (Phi) is 8.24. The van der Waals surface area contributed by atoms with Crippen molar-refractivity contribution in [3.8, 4) is 0 Å². The zero-order valence-electron chi connectivity index (χ0n) is 14.0. The maximum Gasteiger partial charge on any atom is 0.310 e. The van der Waals surface area contributed by atoms with Crippen molar-refractivity contribution < 1.29 is 14.5 Å². The summed E-state index contributed by atoms with van der Waals surface area (Å²) in [6.45, 7) is 4.00. The second-order valence-electron chi connectivity index (χ2n) is 4.55. The van der Waals surface area contributed by atoms with Crippen molar-refractivity contribution in [1.29, 1.82) is 0 Å². The first kappa shape index (κ1) is 20.8. The molecule has 0 aliphatic heterocycles. The number of nitrogens with zero attached hydrogens (tertiary/aromatic N) is 3. The number of carbonyl (C=O) groups excluding carboxylic acids is 1. The molecule has 25 heavy (non-hydrogen) atoms. The molecule has 0 saturated heterocycles. The maximum atomic E-state index is 11.3. The Balaban J connectivity index is 0.00000151. The standard InChI is InChI=1S/C14H11Cl2N3O4.C2H6/c1-23-12(20)7-10-13(15)17-11(18-14(10)16)6-8-2-4-9(5-3-8)19(21)22;1-2/h2-5H,6-7H2,1H3;1-2H3. The van der Waals surface area contributed by atoms with E-state index in [0.29, 0.717) is 17.8 Å². The van der Waals surface area contributed by atoms with Crippen LogP contribution in [0.3, 0.4) is 0 Å². The molecule has 0 aliphatic carbocycles. The van der Waals surface area contributed by atoms with Crippen LogP contribution < -0.4 is 0 Å². The summed E-state index contributed by atoms with van der Waals surface area (Å²) in [6.07, 6.45) is 0.182. The quantitative estimate of drug-likeness (QED) is 0.333. The summed E-state index contributed by atoms with van der Waals surface area (Å²) in [7, 11) is 1.26. The summed E-state index contributed by atoms with van der Waals surface area (Å²) >= 11 is 12.1. The van der Waals surface area contributed by atoms with Crippen molar-refractivity contribution in [1.82, 2.24) is 9.97 Å². The highest BCUT2D eigenvalue weighted by molar-refractivity contribution is 6.34. The summed E-state index contributed by atoms with van der Waals surface area (Å²) in [5, 5.41) is 10.8. The van der Waals surface area contributed by atoms with Gasteiger partial charge in [0.05, 0.1) is 18.5 Å². The molecule has 1 aromatic carbocycles. The number of hydrogen-bond acceptors (Lipinski definition) is 6. The molecule has 0 unspecified atom stereocenters. The number of carbonyl (C=O) groups is 1. The first-order chi connectivity index (χ1) is 11.9. The normalized spacial score (nSPS) is 9.80. The van der Waals surface area contributed by atoms with Crippen LogP contribution in [0, 0.1) is 10.1 Å². The molecule has 1 heterocycles. The number of aromatic nitrogens is 2. The Morgan fingerprint density at radius 3 is 2.12 bits per heavy atom. The van der Waals surface area contributed by atoms with Gasteiger partial charge in [0, 0.05) is 24.1 Å². The van der Waals surface area contributed by atoms with Crippen molar-refractivity contribution in [2.45, 2.75) is 26.7 Å². The third kappa shape index (κ3) is 5.95. The number of hydrogen-bond donors (Lipinski definition) is 0. The first-order valence-corrected chi connectivity index (χ1v) is 8.17. The number of nitro benzene ring substituents is 1. The summed E-state index contributed by atoms with van der Waals surface area (Å²) in [5.41, 5.74) is 1.07. The molecule has 0 fully saturated rings. The third-order valence-corrected chi connectivity index (χ3v) is 3.64. The number of benzene rings is 1. The van der Waals surface area contributed by atoms with Gasteiger partial charge < -0.3 is 4.74 Å². The lowest BCUT2D eigenvalue weighted by molar-refractivity contribution is -0.384. The average molecular weight is 386 g/mol. The molecule has 0 N–H and O–H groups in total. The molecular formula is C16H17Cl2N3O4. The van der Waals surface area contributed by atoms with Gasteiger partial charge in [0.1, 0.15) is 16.1 Å². The van der Waals surface area contributed by atoms with Gasteiger partial charge in [-0.3, -0.25) is 14.9 Å². The Bertz CT molecular complexity index is 729. The van der Waals surface area contributed by atoms with Crippen LogP contribution in [0.5, 0.6) is 0 Å². The van der Waals surface area contributed by atoms with Gasteiger partial charge in [-0.15, -0.1) is 0 Å². The van der Waals surface area contributed by atoms with Crippen molar-refractivity contribution in [2.24, 2.45) is 0 Å². The minimum absolute atomic E-state index is 0.000779. The van der Waals surface area contributed by atoms with E-state index in [2.05, 4.69) is 14.7 Å². The van der Waals surface area contributed by atoms with Gasteiger partial charge >= 0.3 is 5.97 Å². The van der Waals surface area contributed by atoms with Crippen molar-refractivity contribution in [2.75, 3.05) is 7.11 Å². The van der Waals surface area contributed by atoms with Gasteiger partial charge in [-0.1, -0.05) is 49.2 Å². The fourth-order valence-electron chi connectivity index (χ4n) is 1.83. The zero-order chi connectivity index (χ0) is 19.0. The third-order valence-electron chi connectivity index (χ3n) is 3.01. The average Bonchev–Trinajstić information content (AvgIpc) is 2.60. The summed E-state index contributed by atoms with van der Waals surface area (Å²) in [5.74, 6) is -0.150. The Hall–Kier alpha value is -2.25. The molecule has 2 rings (SSSR count). The van der Waals surface area contributed by atoms with Crippen LogP contribution in [0.25, 0.3) is 0 Å². The van der Waals surface area contributed by atoms with Crippen LogP contribution in [-0.2, 0) is 22.4 Å². The van der Waals surface area contributed by atoms with Gasteiger partial charge in [-0.2, -0.15) is 0 Å². The SMILES string of the molecule is CC.COC(=O)Cc1c(Cl)nc(Cc2ccc([N+](=O)[O-])cc2)nc1Cl. The van der Waals surface area contributed by atoms with E-state index in [9.17, 15) is 14.9 Å². The summed E-state index contributed by atoms with van der Waals surface area (Å²) in [6, 6.07) is 5.99. The summed E-state index contributed by atoms with van der Waals surface area (Å²) < 4.78 is 4.55. The number of halogens is 2. The van der Waals surface area contributed by atoms with Gasteiger partial charge in [0.2, 0.25) is 0 Å². The minimum atomic E-state index is -0.500. The van der Waals surface area contributed by atoms with E-state index in [1.54, 1.807) is 12.1 Å². The molecule has 0 atom stereocenters. The van der Waals surface area contributed by atoms with Crippen LogP contribution in [0.2, 0.25) is 10.3 Å². The number of esters is 1. The van der Waals surface area contributed by atoms with E-state index >= 15 is 0 Å². The lowest BCUT2D eigenvalue weighted by atomic mass is 10.1. The minimum Gasteiger partial charge on any atom is -0.469 e. The van der Waals surface area contributed by atoms with Crippen LogP contribution in [0.4, 0.5) is 5.69 Å². The molecule has 0 saturated carbocycles. The number of rotatable bonds is 5. The van der Waals surface area contributed by atoms with E-state index in [4.69, 9.17) is 23.2 Å². The second-order valence-corrected chi connectivity index (χ2v) is 5.27. The van der Waals surface area contributed by atoms with Crippen LogP contribution in [0.15, 0.2) is 24.3 Å². The second kappa shape index (κ2) is 9.90. The number of ether oxygens (including phenoxy) is 1. The Morgan fingerprint density at radius 1 is 1.16 bits per heavy atom. The van der Waals surface area contributed by atoms with E-state index < -0.39 is 10.9 Å². The first-order valence-electron chi connectivity index (χ1n) is 7.41. The number of methoxy groups -OCH3 is 1. The van der Waals surface area contributed by atoms with Gasteiger partial charge in [-0.05, 0) is 5.56 Å². The topological polar surface area (TPSA) is 95.2 Å². The van der Waals surface area contributed by atoms with Gasteiger partial charge in [0.15, 0.2) is 0 Å². The number of non-ortho nitro benzene ring substituents is 1. The highest BCUT2D eigenvalue weighted by atomic mass is 35.5. The molecule has 2 aromatic rings. The van der Waals surface area contributed by atoms with E-state index in [0.717, 1.165) is 5.56 Å². The highest BCUT2D eigenvalue weighted by Gasteiger charge is 2.16. The fourth-order valence-corrected chi connectivity index (χ4v) is 2.39. The summed E-state index contributed by atoms with van der Waals surface area (Å²) in [4.78, 5) is 29.6. The molecule has 0 bridgehead atoms. The van der Waals surface area contributed by atoms with Crippen molar-refractivity contribution in [3.63, 3.8) is 0 Å².